The molecule has 1 aliphatic rings. The average Bonchev–Trinajstić information content (AvgIpc) is 2.74. The fourth-order valence-electron chi connectivity index (χ4n) is 3.91. The number of likely N-dealkylation sites (tertiary alicyclic amines) is 1. The number of hydrogen-bond donors (Lipinski definition) is 2. The summed E-state index contributed by atoms with van der Waals surface area (Å²) in [5.41, 5.74) is 2.55. The Balaban J connectivity index is 1.79. The number of aryl methyl sites for hydroxylation is 1. The molecule has 1 aliphatic heterocycles. The van der Waals surface area contributed by atoms with Crippen LogP contribution in [0.25, 0.3) is 10.9 Å². The molecule has 1 saturated heterocycles. The van der Waals surface area contributed by atoms with Crippen molar-refractivity contribution in [1.82, 2.24) is 14.9 Å². The lowest BCUT2D eigenvalue weighted by Gasteiger charge is -2.42. The van der Waals surface area contributed by atoms with Crippen LogP contribution in [-0.2, 0) is 4.79 Å². The number of carbonyl (C=O) groups excluding carboxylic acids is 1. The van der Waals surface area contributed by atoms with E-state index in [0.29, 0.717) is 39.2 Å². The van der Waals surface area contributed by atoms with Gasteiger partial charge in [-0.25, -0.2) is 14.4 Å². The molecule has 0 aliphatic carbocycles. The second kappa shape index (κ2) is 8.40. The predicted molar refractivity (Wildman–Crippen MR) is 125 cm³/mol. The molecule has 0 bridgehead atoms. The van der Waals surface area contributed by atoms with Gasteiger partial charge in [0, 0.05) is 18.5 Å². The van der Waals surface area contributed by atoms with Crippen molar-refractivity contribution in [2.45, 2.75) is 13.8 Å². The molecule has 1 fully saturated rings. The zero-order valence-electron chi connectivity index (χ0n) is 18.3. The van der Waals surface area contributed by atoms with Crippen molar-refractivity contribution in [1.29, 1.82) is 0 Å². The van der Waals surface area contributed by atoms with Gasteiger partial charge in [0.25, 0.3) is 0 Å². The largest absolute Gasteiger partial charge is 0.337 e. The summed E-state index contributed by atoms with van der Waals surface area (Å²) in [7, 11) is 2.05. The number of carbonyl (C=O) groups is 1. The third-order valence-electron chi connectivity index (χ3n) is 5.40. The first-order valence-corrected chi connectivity index (χ1v) is 10.2. The van der Waals surface area contributed by atoms with Gasteiger partial charge in [-0.3, -0.25) is 4.79 Å². The fraction of sp³-hybridized carbons (Fsp3) is 0.240. The number of anilines is 3. The third-order valence-corrected chi connectivity index (χ3v) is 5.40. The van der Waals surface area contributed by atoms with E-state index < -0.39 is 0 Å². The Morgan fingerprint density at radius 2 is 2.06 bits per heavy atom. The van der Waals surface area contributed by atoms with Crippen LogP contribution in [0.2, 0.25) is 0 Å². The van der Waals surface area contributed by atoms with Crippen LogP contribution in [-0.4, -0.2) is 40.9 Å². The Labute approximate surface area is 186 Å². The number of rotatable bonds is 4. The Bertz CT molecular complexity index is 1280. The molecule has 3 aromatic rings. The van der Waals surface area contributed by atoms with Crippen molar-refractivity contribution in [3.05, 3.63) is 66.3 Å². The van der Waals surface area contributed by atoms with E-state index in [1.807, 2.05) is 6.07 Å². The Morgan fingerprint density at radius 1 is 1.28 bits per heavy atom. The Kier molecular flexibility index (Phi) is 5.64. The maximum atomic E-state index is 14.5. The summed E-state index contributed by atoms with van der Waals surface area (Å²) in [6, 6.07) is 8.68. The van der Waals surface area contributed by atoms with Crippen LogP contribution in [0.1, 0.15) is 18.1 Å². The minimum Gasteiger partial charge on any atom is -0.337 e. The molecule has 162 valence electrons. The highest BCUT2D eigenvalue weighted by atomic mass is 19.1. The quantitative estimate of drug-likeness (QED) is 0.479. The predicted octanol–water partition coefficient (Wildman–Crippen LogP) is 4.25. The molecular formula is C25H24FN5O. The van der Waals surface area contributed by atoms with E-state index >= 15 is 0 Å². The van der Waals surface area contributed by atoms with E-state index in [4.69, 9.17) is 0 Å². The zero-order chi connectivity index (χ0) is 22.9. The van der Waals surface area contributed by atoms with Crippen LogP contribution in [0, 0.1) is 30.0 Å². The monoisotopic (exact) mass is 429 g/mol. The lowest BCUT2D eigenvalue weighted by molar-refractivity contribution is -0.111. The van der Waals surface area contributed by atoms with E-state index in [2.05, 4.69) is 57.9 Å². The maximum Gasteiger partial charge on any atom is 0.247 e. The SMILES string of the molecule is C=CC(=O)Nc1cc2c(Nc3cccc(C)c3F)ncnc2cc1C#CC1(C)CN(C)C1. The summed E-state index contributed by atoms with van der Waals surface area (Å²) in [5, 5.41) is 6.50. The van der Waals surface area contributed by atoms with Gasteiger partial charge >= 0.3 is 0 Å². The van der Waals surface area contributed by atoms with Gasteiger partial charge in [0.2, 0.25) is 5.91 Å². The molecular weight excluding hydrogens is 405 g/mol. The van der Waals surface area contributed by atoms with Crippen molar-refractivity contribution in [3.8, 4) is 11.8 Å². The Morgan fingerprint density at radius 3 is 2.78 bits per heavy atom. The summed E-state index contributed by atoms with van der Waals surface area (Å²) in [5.74, 6) is 6.28. The Hall–Kier alpha value is -3.76. The van der Waals surface area contributed by atoms with Crippen molar-refractivity contribution < 1.29 is 9.18 Å². The third kappa shape index (κ3) is 4.32. The molecule has 6 nitrogen and oxygen atoms in total. The maximum absolute atomic E-state index is 14.5. The molecule has 1 aromatic heterocycles. The summed E-state index contributed by atoms with van der Waals surface area (Å²) < 4.78 is 14.5. The van der Waals surface area contributed by atoms with Crippen molar-refractivity contribution in [2.24, 2.45) is 5.41 Å². The zero-order valence-corrected chi connectivity index (χ0v) is 18.3. The first-order valence-electron chi connectivity index (χ1n) is 10.2. The number of benzene rings is 2. The number of amides is 1. The van der Waals surface area contributed by atoms with E-state index in [9.17, 15) is 9.18 Å². The molecule has 2 aromatic carbocycles. The van der Waals surface area contributed by atoms with E-state index in [-0.39, 0.29) is 17.1 Å². The van der Waals surface area contributed by atoms with Crippen molar-refractivity contribution in [2.75, 3.05) is 30.8 Å². The normalized spacial score (nSPS) is 14.8. The van der Waals surface area contributed by atoms with Gasteiger partial charge in [0.05, 0.1) is 27.9 Å². The van der Waals surface area contributed by atoms with Gasteiger partial charge in [0.15, 0.2) is 0 Å². The molecule has 2 heterocycles. The first-order chi connectivity index (χ1) is 15.3. The molecule has 0 radical (unpaired) electrons. The molecule has 2 N–H and O–H groups in total. The number of nitrogens with one attached hydrogen (secondary N) is 2. The lowest BCUT2D eigenvalue weighted by atomic mass is 9.83. The smallest absolute Gasteiger partial charge is 0.247 e. The number of halogens is 1. The van der Waals surface area contributed by atoms with Crippen LogP contribution < -0.4 is 10.6 Å². The average molecular weight is 429 g/mol. The highest BCUT2D eigenvalue weighted by Gasteiger charge is 2.34. The molecule has 0 atom stereocenters. The number of hydrogen-bond acceptors (Lipinski definition) is 5. The van der Waals surface area contributed by atoms with E-state index in [1.165, 1.54) is 12.4 Å². The summed E-state index contributed by atoms with van der Waals surface area (Å²) >= 11 is 0. The summed E-state index contributed by atoms with van der Waals surface area (Å²) in [4.78, 5) is 22.9. The summed E-state index contributed by atoms with van der Waals surface area (Å²) in [6.45, 7) is 9.12. The molecule has 7 heteroatoms. The lowest BCUT2D eigenvalue weighted by Crippen LogP contribution is -2.51. The highest BCUT2D eigenvalue weighted by molar-refractivity contribution is 6.03. The van der Waals surface area contributed by atoms with Crippen LogP contribution >= 0.6 is 0 Å². The minimum absolute atomic E-state index is 0.0928. The number of fused-ring (bicyclic) bond motifs is 1. The highest BCUT2D eigenvalue weighted by Crippen LogP contribution is 2.31. The number of aromatic nitrogens is 2. The molecule has 0 saturated carbocycles. The minimum atomic E-state index is -0.349. The van der Waals surface area contributed by atoms with Gasteiger partial charge in [-0.05, 0) is 50.7 Å². The molecule has 32 heavy (non-hydrogen) atoms. The van der Waals surface area contributed by atoms with Gasteiger partial charge in [-0.15, -0.1) is 0 Å². The van der Waals surface area contributed by atoms with Crippen LogP contribution in [0.3, 0.4) is 0 Å². The van der Waals surface area contributed by atoms with Crippen LogP contribution in [0.5, 0.6) is 0 Å². The van der Waals surface area contributed by atoms with Gasteiger partial charge in [-0.2, -0.15) is 0 Å². The van der Waals surface area contributed by atoms with Crippen molar-refractivity contribution >= 4 is 34.0 Å². The fourth-order valence-corrected chi connectivity index (χ4v) is 3.91. The van der Waals surface area contributed by atoms with Gasteiger partial charge in [-0.1, -0.05) is 30.6 Å². The molecule has 1 amide bonds. The van der Waals surface area contributed by atoms with E-state index in [0.717, 1.165) is 13.1 Å². The number of nitrogens with zero attached hydrogens (tertiary/aromatic N) is 3. The van der Waals surface area contributed by atoms with Crippen LogP contribution in [0.4, 0.5) is 21.6 Å². The standard InChI is InChI=1S/C25H24FN5O/c1-5-22(32)29-20-12-18-21(11-17(20)9-10-25(3)13-31(4)14-25)27-15-28-24(18)30-19-8-6-7-16(2)23(19)26/h5-8,11-12,15H,1,13-14H2,2-4H3,(H,29,32)(H,27,28,30). The molecule has 0 unspecified atom stereocenters. The topological polar surface area (TPSA) is 70.1 Å². The second-order valence-corrected chi connectivity index (χ2v) is 8.37. The first kappa shape index (κ1) is 21.5. The van der Waals surface area contributed by atoms with E-state index in [1.54, 1.807) is 31.2 Å². The summed E-state index contributed by atoms with van der Waals surface area (Å²) in [6.07, 6.45) is 2.62. The molecule has 0 spiro atoms. The van der Waals surface area contributed by atoms with Gasteiger partial charge < -0.3 is 15.5 Å². The molecule has 4 rings (SSSR count). The van der Waals surface area contributed by atoms with Gasteiger partial charge in [0.1, 0.15) is 18.0 Å². The van der Waals surface area contributed by atoms with Crippen LogP contribution in [0.15, 0.2) is 49.3 Å². The van der Waals surface area contributed by atoms with Crippen molar-refractivity contribution in [3.63, 3.8) is 0 Å². The second-order valence-electron chi connectivity index (χ2n) is 8.37.